The number of anilines is 2. The van der Waals surface area contributed by atoms with E-state index >= 15 is 0 Å². The number of aliphatic carboxylic acids is 1. The van der Waals surface area contributed by atoms with Crippen LogP contribution in [0.1, 0.15) is 80.2 Å². The first kappa shape index (κ1) is 30.2. The second-order valence-corrected chi connectivity index (χ2v) is 12.5. The summed E-state index contributed by atoms with van der Waals surface area (Å²) in [5, 5.41) is 16.9. The minimum absolute atomic E-state index is 0.0690. The molecule has 3 fully saturated rings. The zero-order valence-electron chi connectivity index (χ0n) is 24.7. The van der Waals surface area contributed by atoms with Crippen LogP contribution in [0, 0.1) is 12.3 Å². The highest BCUT2D eigenvalue weighted by atomic mass is 19.4. The highest BCUT2D eigenvalue weighted by Gasteiger charge is 2.46. The van der Waals surface area contributed by atoms with Crippen LogP contribution in [0.2, 0.25) is 0 Å². The van der Waals surface area contributed by atoms with Crippen LogP contribution < -0.4 is 20.7 Å². The highest BCUT2D eigenvalue weighted by Crippen LogP contribution is 2.43. The Labute approximate surface area is 253 Å². The van der Waals surface area contributed by atoms with Crippen molar-refractivity contribution in [3.63, 3.8) is 0 Å². The lowest BCUT2D eigenvalue weighted by Crippen LogP contribution is -2.41. The normalized spacial score (nSPS) is 21.5. The van der Waals surface area contributed by atoms with Crippen molar-refractivity contribution in [2.24, 2.45) is 5.41 Å². The van der Waals surface area contributed by atoms with Crippen LogP contribution in [0.25, 0.3) is 5.69 Å². The van der Waals surface area contributed by atoms with Gasteiger partial charge < -0.3 is 25.8 Å². The minimum Gasteiger partial charge on any atom is -0.480 e. The predicted octanol–water partition coefficient (Wildman–Crippen LogP) is 5.32. The summed E-state index contributed by atoms with van der Waals surface area (Å²) in [4.78, 5) is 21.7. The number of aromatic nitrogens is 4. The van der Waals surface area contributed by atoms with Crippen LogP contribution in [0.5, 0.6) is 5.88 Å². The molecule has 2 atom stereocenters. The van der Waals surface area contributed by atoms with Gasteiger partial charge in [-0.25, -0.2) is 4.68 Å². The van der Waals surface area contributed by atoms with Gasteiger partial charge in [-0.3, -0.25) is 4.79 Å². The molecule has 6 rings (SSSR count). The van der Waals surface area contributed by atoms with Gasteiger partial charge >= 0.3 is 12.1 Å². The van der Waals surface area contributed by atoms with Gasteiger partial charge in [0.2, 0.25) is 17.9 Å². The average Bonchev–Trinajstić information content (AvgIpc) is 3.62. The lowest BCUT2D eigenvalue weighted by atomic mass is 9.76. The molecular weight excluding hydrogens is 575 g/mol. The number of hydrogen-bond donors (Lipinski definition) is 3. The molecule has 3 aliphatic rings. The van der Waals surface area contributed by atoms with Gasteiger partial charge in [0.25, 0.3) is 0 Å². The van der Waals surface area contributed by atoms with E-state index in [1.165, 1.54) is 23.2 Å². The number of alkyl halides is 3. The molecule has 4 N–H and O–H groups in total. The topological polar surface area (TPSA) is 131 Å². The molecule has 0 radical (unpaired) electrons. The van der Waals surface area contributed by atoms with Gasteiger partial charge in [-0.05, 0) is 68.1 Å². The number of carbonyl (C=O) groups is 1. The molecule has 44 heavy (non-hydrogen) atoms. The van der Waals surface area contributed by atoms with E-state index < -0.39 is 24.3 Å². The molecule has 1 aliphatic carbocycles. The summed E-state index contributed by atoms with van der Waals surface area (Å²) in [6.45, 7) is 3.51. The first-order valence-electron chi connectivity index (χ1n) is 15.3. The van der Waals surface area contributed by atoms with Crippen molar-refractivity contribution in [1.29, 1.82) is 0 Å². The average molecular weight is 614 g/mol. The molecule has 2 aromatic heterocycles. The Morgan fingerprint density at radius 2 is 1.89 bits per heavy atom. The van der Waals surface area contributed by atoms with Gasteiger partial charge in [0, 0.05) is 37.5 Å². The minimum atomic E-state index is -4.77. The summed E-state index contributed by atoms with van der Waals surface area (Å²) in [6, 6.07) is 7.68. The zero-order valence-corrected chi connectivity index (χ0v) is 24.7. The summed E-state index contributed by atoms with van der Waals surface area (Å²) in [7, 11) is 0. The maximum Gasteiger partial charge on any atom is 0.429 e. The molecule has 0 bridgehead atoms. The van der Waals surface area contributed by atoms with Crippen molar-refractivity contribution in [2.45, 2.75) is 82.5 Å². The Balaban J connectivity index is 1.28. The van der Waals surface area contributed by atoms with Crippen molar-refractivity contribution in [2.75, 3.05) is 30.3 Å². The fourth-order valence-corrected chi connectivity index (χ4v) is 6.98. The third kappa shape index (κ3) is 6.33. The molecule has 1 saturated carbocycles. The number of nitrogen functional groups attached to an aromatic ring is 1. The van der Waals surface area contributed by atoms with Crippen LogP contribution in [-0.4, -0.2) is 62.7 Å². The lowest BCUT2D eigenvalue weighted by Gasteiger charge is -2.39. The van der Waals surface area contributed by atoms with E-state index in [-0.39, 0.29) is 22.8 Å². The fraction of sp³-hybridized carbons (Fsp3) is 0.548. The highest BCUT2D eigenvalue weighted by molar-refractivity contribution is 5.74. The van der Waals surface area contributed by atoms with Crippen LogP contribution >= 0.6 is 0 Å². The summed E-state index contributed by atoms with van der Waals surface area (Å²) in [6.07, 6.45) is 1.94. The number of nitrogens with two attached hydrogens (primary N) is 1. The summed E-state index contributed by atoms with van der Waals surface area (Å²) >= 11 is 0. The van der Waals surface area contributed by atoms with Crippen molar-refractivity contribution in [3.8, 4) is 11.6 Å². The number of rotatable bonds is 7. The summed E-state index contributed by atoms with van der Waals surface area (Å²) in [5.74, 6) is -0.658. The molecule has 0 amide bonds. The molecule has 2 aliphatic heterocycles. The Morgan fingerprint density at radius 3 is 2.52 bits per heavy atom. The van der Waals surface area contributed by atoms with Crippen LogP contribution in [0.4, 0.5) is 24.9 Å². The number of nitrogens with one attached hydrogen (secondary N) is 1. The van der Waals surface area contributed by atoms with Crippen LogP contribution in [-0.2, 0) is 4.79 Å². The third-order valence-corrected chi connectivity index (χ3v) is 9.43. The number of carboxylic acid groups (broad SMARTS) is 1. The van der Waals surface area contributed by atoms with Crippen molar-refractivity contribution in [1.82, 2.24) is 25.1 Å². The van der Waals surface area contributed by atoms with Crippen molar-refractivity contribution in [3.05, 3.63) is 53.3 Å². The summed E-state index contributed by atoms with van der Waals surface area (Å²) < 4.78 is 51.5. The molecule has 4 heterocycles. The van der Waals surface area contributed by atoms with Crippen molar-refractivity contribution >= 4 is 17.7 Å². The molecule has 0 unspecified atom stereocenters. The van der Waals surface area contributed by atoms with E-state index in [0.29, 0.717) is 49.2 Å². The number of hydrogen-bond acceptors (Lipinski definition) is 8. The Morgan fingerprint density at radius 1 is 1.14 bits per heavy atom. The van der Waals surface area contributed by atoms with Gasteiger partial charge in [0.15, 0.2) is 0 Å². The monoisotopic (exact) mass is 613 g/mol. The first-order chi connectivity index (χ1) is 21.0. The number of nitrogens with zero attached hydrogens (tertiary/aromatic N) is 5. The van der Waals surface area contributed by atoms with Crippen LogP contribution in [0.3, 0.4) is 0 Å². The SMILES string of the molecule is Cc1ccn(-c2cc(C3CCCCC3)ccc2[C@@H](Oc2cc(N3CCC4(CC3)CN[C@H](C(=O)O)C4)nc(N)n2)C(F)(F)F)n1. The van der Waals surface area contributed by atoms with E-state index in [1.54, 1.807) is 25.3 Å². The van der Waals surface area contributed by atoms with Gasteiger partial charge in [-0.2, -0.15) is 28.2 Å². The number of piperidine rings is 1. The molecule has 1 aromatic carbocycles. The molecule has 236 valence electrons. The maximum absolute atomic E-state index is 14.8. The standard InChI is InChI=1S/C31H38F3N7O3/c1-19-9-12-41(39-19)24-15-21(20-5-3-2-4-6-20)7-8-22(24)27(31(32,33)34)44-26-16-25(37-29(35)38-26)40-13-10-30(11-14-40)17-23(28(42)43)36-18-30/h7-9,12,15-16,20,23,27,36H,2-6,10-11,13-14,17-18H2,1H3,(H,42,43)(H2,35,37,38)/t23-,27+/m0/s1. The molecule has 10 nitrogen and oxygen atoms in total. The Kier molecular flexibility index (Phi) is 8.16. The zero-order chi connectivity index (χ0) is 31.1. The van der Waals surface area contributed by atoms with E-state index in [4.69, 9.17) is 10.5 Å². The first-order valence-corrected chi connectivity index (χ1v) is 15.3. The van der Waals surface area contributed by atoms with Gasteiger partial charge in [-0.15, -0.1) is 0 Å². The third-order valence-electron chi connectivity index (χ3n) is 9.43. The number of halogens is 3. The van der Waals surface area contributed by atoms with E-state index in [9.17, 15) is 23.1 Å². The van der Waals surface area contributed by atoms with E-state index in [2.05, 4.69) is 20.4 Å². The number of carboxylic acids is 1. The number of aryl methyl sites for hydroxylation is 1. The number of benzene rings is 1. The molecule has 2 saturated heterocycles. The van der Waals surface area contributed by atoms with Gasteiger partial charge in [0.05, 0.1) is 11.4 Å². The smallest absolute Gasteiger partial charge is 0.429 e. The maximum atomic E-state index is 14.8. The van der Waals surface area contributed by atoms with Crippen molar-refractivity contribution < 1.29 is 27.8 Å². The lowest BCUT2D eigenvalue weighted by molar-refractivity contribution is -0.198. The molecule has 3 aromatic rings. The Bertz CT molecular complexity index is 1500. The quantitative estimate of drug-likeness (QED) is 0.324. The van der Waals surface area contributed by atoms with Gasteiger partial charge in [0.1, 0.15) is 11.9 Å². The van der Waals surface area contributed by atoms with E-state index in [0.717, 1.165) is 44.1 Å². The van der Waals surface area contributed by atoms with E-state index in [1.807, 2.05) is 11.0 Å². The second kappa shape index (κ2) is 11.9. The molecular formula is C31H38F3N7O3. The Hall–Kier alpha value is -3.87. The molecule has 1 spiro atoms. The summed E-state index contributed by atoms with van der Waals surface area (Å²) in [5.41, 5.74) is 7.78. The fourth-order valence-electron chi connectivity index (χ4n) is 6.98. The number of ether oxygens (including phenoxy) is 1. The molecule has 13 heteroatoms. The van der Waals surface area contributed by atoms with Crippen LogP contribution in [0.15, 0.2) is 36.5 Å². The predicted molar refractivity (Wildman–Crippen MR) is 158 cm³/mol. The largest absolute Gasteiger partial charge is 0.480 e. The second-order valence-electron chi connectivity index (χ2n) is 12.5. The van der Waals surface area contributed by atoms with Gasteiger partial charge in [-0.1, -0.05) is 31.4 Å².